The van der Waals surface area contributed by atoms with E-state index in [2.05, 4.69) is 6.07 Å². The minimum Gasteiger partial charge on any atom is -0.482 e. The van der Waals surface area contributed by atoms with E-state index in [0.29, 0.717) is 24.5 Å². The van der Waals surface area contributed by atoms with Crippen molar-refractivity contribution in [1.29, 1.82) is 0 Å². The number of ether oxygens (including phenoxy) is 2. The molecule has 2 aliphatic rings. The highest BCUT2D eigenvalue weighted by molar-refractivity contribution is 5.98. The lowest BCUT2D eigenvalue weighted by Gasteiger charge is -2.29. The van der Waals surface area contributed by atoms with Gasteiger partial charge in [0.25, 0.3) is 11.8 Å². The average molecular weight is 394 g/mol. The third-order valence-electron chi connectivity index (χ3n) is 5.19. The molecular formula is C22H22N2O5. The summed E-state index contributed by atoms with van der Waals surface area (Å²) < 4.78 is 10.5. The van der Waals surface area contributed by atoms with Crippen molar-refractivity contribution in [3.05, 3.63) is 59.7 Å². The van der Waals surface area contributed by atoms with Crippen molar-refractivity contribution in [2.24, 2.45) is 0 Å². The number of nitrogens with zero attached hydrogens (tertiary/aromatic N) is 2. The van der Waals surface area contributed by atoms with Crippen LogP contribution in [0.15, 0.2) is 48.5 Å². The van der Waals surface area contributed by atoms with Crippen molar-refractivity contribution >= 4 is 23.5 Å². The molecule has 29 heavy (non-hydrogen) atoms. The minimum atomic E-state index is -0.507. The zero-order chi connectivity index (χ0) is 20.2. The number of anilines is 1. The molecule has 0 radical (unpaired) electrons. The van der Waals surface area contributed by atoms with E-state index in [0.717, 1.165) is 12.0 Å². The molecule has 0 saturated heterocycles. The van der Waals surface area contributed by atoms with Crippen molar-refractivity contribution in [3.8, 4) is 5.75 Å². The highest BCUT2D eigenvalue weighted by Crippen LogP contribution is 2.31. The first-order valence-corrected chi connectivity index (χ1v) is 9.64. The molecule has 2 aliphatic heterocycles. The molecule has 2 aromatic rings. The van der Waals surface area contributed by atoms with Gasteiger partial charge in [-0.2, -0.15) is 0 Å². The molecule has 7 nitrogen and oxygen atoms in total. The van der Waals surface area contributed by atoms with E-state index in [9.17, 15) is 14.4 Å². The van der Waals surface area contributed by atoms with Crippen LogP contribution in [-0.2, 0) is 32.1 Å². The van der Waals surface area contributed by atoms with Crippen molar-refractivity contribution in [2.75, 3.05) is 31.2 Å². The number of carbonyl (C=O) groups excluding carboxylic acids is 3. The highest BCUT2D eigenvalue weighted by Gasteiger charge is 2.26. The first kappa shape index (κ1) is 19.0. The molecule has 4 rings (SSSR count). The van der Waals surface area contributed by atoms with Gasteiger partial charge in [0.15, 0.2) is 13.2 Å². The van der Waals surface area contributed by atoms with Crippen LogP contribution in [0, 0.1) is 0 Å². The molecule has 2 aromatic carbocycles. The van der Waals surface area contributed by atoms with Gasteiger partial charge in [-0.25, -0.2) is 0 Å². The summed E-state index contributed by atoms with van der Waals surface area (Å²) in [6.45, 7) is 0.997. The van der Waals surface area contributed by atoms with Crippen LogP contribution in [-0.4, -0.2) is 49.0 Å². The second-order valence-electron chi connectivity index (χ2n) is 7.05. The number of amides is 2. The predicted molar refractivity (Wildman–Crippen MR) is 105 cm³/mol. The first-order chi connectivity index (χ1) is 14.1. The SMILES string of the molecule is O=C(CCN1C(=O)COc2ccccc21)OCC(=O)N1CCc2ccccc2C1. The number of benzene rings is 2. The number of hydrogen-bond acceptors (Lipinski definition) is 5. The monoisotopic (exact) mass is 394 g/mol. The lowest BCUT2D eigenvalue weighted by molar-refractivity contribution is -0.152. The lowest BCUT2D eigenvalue weighted by Crippen LogP contribution is -2.40. The standard InChI is InChI=1S/C22H22N2O5/c25-20(23-11-9-16-5-1-2-6-17(16)13-23)14-29-22(27)10-12-24-18-7-3-4-8-19(18)28-15-21(24)26/h1-8H,9-15H2. The van der Waals surface area contributed by atoms with Crippen molar-refractivity contribution < 1.29 is 23.9 Å². The van der Waals surface area contributed by atoms with E-state index >= 15 is 0 Å². The molecule has 0 fully saturated rings. The van der Waals surface area contributed by atoms with E-state index in [-0.39, 0.29) is 38.0 Å². The van der Waals surface area contributed by atoms with Gasteiger partial charge in [-0.15, -0.1) is 0 Å². The maximum absolute atomic E-state index is 12.4. The molecule has 0 aliphatic carbocycles. The van der Waals surface area contributed by atoms with Gasteiger partial charge in [0.05, 0.1) is 12.1 Å². The maximum Gasteiger partial charge on any atom is 0.308 e. The second kappa shape index (κ2) is 8.34. The summed E-state index contributed by atoms with van der Waals surface area (Å²) in [6.07, 6.45) is 0.810. The van der Waals surface area contributed by atoms with E-state index in [1.807, 2.05) is 30.3 Å². The normalized spacial score (nSPS) is 15.2. The Morgan fingerprint density at radius 1 is 1.03 bits per heavy atom. The predicted octanol–water partition coefficient (Wildman–Crippen LogP) is 1.93. The summed E-state index contributed by atoms with van der Waals surface area (Å²) in [7, 11) is 0. The van der Waals surface area contributed by atoms with Gasteiger partial charge in [0.2, 0.25) is 0 Å². The van der Waals surface area contributed by atoms with E-state index in [1.54, 1.807) is 17.0 Å². The molecule has 7 heteroatoms. The van der Waals surface area contributed by atoms with Gasteiger partial charge >= 0.3 is 5.97 Å². The molecule has 0 saturated carbocycles. The molecule has 2 amide bonds. The summed E-state index contributed by atoms with van der Waals surface area (Å²) in [4.78, 5) is 39.9. The molecule has 0 spiro atoms. The summed E-state index contributed by atoms with van der Waals surface area (Å²) in [5.41, 5.74) is 3.02. The molecule has 0 unspecified atom stereocenters. The summed E-state index contributed by atoms with van der Waals surface area (Å²) in [5.74, 6) is -0.311. The van der Waals surface area contributed by atoms with Crippen LogP contribution in [0.25, 0.3) is 0 Å². The summed E-state index contributed by atoms with van der Waals surface area (Å²) >= 11 is 0. The zero-order valence-electron chi connectivity index (χ0n) is 16.0. The number of rotatable bonds is 5. The average Bonchev–Trinajstić information content (AvgIpc) is 2.76. The Morgan fingerprint density at radius 2 is 1.79 bits per heavy atom. The summed E-state index contributed by atoms with van der Waals surface area (Å²) in [6, 6.07) is 15.2. The highest BCUT2D eigenvalue weighted by atomic mass is 16.5. The smallest absolute Gasteiger partial charge is 0.308 e. The van der Waals surface area contributed by atoms with E-state index < -0.39 is 5.97 Å². The molecular weight excluding hydrogens is 372 g/mol. The number of fused-ring (bicyclic) bond motifs is 2. The number of para-hydroxylation sites is 2. The zero-order valence-corrected chi connectivity index (χ0v) is 16.0. The Balaban J connectivity index is 1.27. The van der Waals surface area contributed by atoms with Crippen LogP contribution in [0.5, 0.6) is 5.75 Å². The molecule has 0 atom stereocenters. The fourth-order valence-electron chi connectivity index (χ4n) is 3.62. The maximum atomic E-state index is 12.4. The van der Waals surface area contributed by atoms with Gasteiger partial charge in [-0.05, 0) is 29.7 Å². The third kappa shape index (κ3) is 4.23. The van der Waals surface area contributed by atoms with Crippen molar-refractivity contribution in [3.63, 3.8) is 0 Å². The van der Waals surface area contributed by atoms with E-state index in [1.165, 1.54) is 10.5 Å². The molecule has 150 valence electrons. The molecule has 0 N–H and O–H groups in total. The number of carbonyl (C=O) groups is 3. The van der Waals surface area contributed by atoms with Gasteiger partial charge < -0.3 is 19.3 Å². The second-order valence-corrected chi connectivity index (χ2v) is 7.05. The van der Waals surface area contributed by atoms with Crippen LogP contribution in [0.2, 0.25) is 0 Å². The Labute approximate surface area is 168 Å². The van der Waals surface area contributed by atoms with Crippen LogP contribution in [0.3, 0.4) is 0 Å². The largest absolute Gasteiger partial charge is 0.482 e. The van der Waals surface area contributed by atoms with Gasteiger partial charge in [-0.1, -0.05) is 36.4 Å². The van der Waals surface area contributed by atoms with Crippen LogP contribution < -0.4 is 9.64 Å². The van der Waals surface area contributed by atoms with Gasteiger partial charge in [0, 0.05) is 19.6 Å². The Kier molecular flexibility index (Phi) is 5.46. The first-order valence-electron chi connectivity index (χ1n) is 9.64. The van der Waals surface area contributed by atoms with E-state index in [4.69, 9.17) is 9.47 Å². The fourth-order valence-corrected chi connectivity index (χ4v) is 3.62. The quantitative estimate of drug-likeness (QED) is 0.725. The molecule has 0 aromatic heterocycles. The Hall–Kier alpha value is -3.35. The van der Waals surface area contributed by atoms with Gasteiger partial charge in [0.1, 0.15) is 5.75 Å². The number of esters is 1. The summed E-state index contributed by atoms with van der Waals surface area (Å²) in [5, 5.41) is 0. The molecule has 0 bridgehead atoms. The fraction of sp³-hybridized carbons (Fsp3) is 0.318. The van der Waals surface area contributed by atoms with Crippen LogP contribution in [0.4, 0.5) is 5.69 Å². The van der Waals surface area contributed by atoms with Crippen LogP contribution >= 0.6 is 0 Å². The minimum absolute atomic E-state index is 0.0101. The third-order valence-corrected chi connectivity index (χ3v) is 5.19. The van der Waals surface area contributed by atoms with Gasteiger partial charge in [-0.3, -0.25) is 14.4 Å². The van der Waals surface area contributed by atoms with Crippen molar-refractivity contribution in [2.45, 2.75) is 19.4 Å². The lowest BCUT2D eigenvalue weighted by atomic mass is 10.00. The topological polar surface area (TPSA) is 76.1 Å². The Morgan fingerprint density at radius 3 is 2.66 bits per heavy atom. The number of hydrogen-bond donors (Lipinski definition) is 0. The Bertz CT molecular complexity index is 942. The van der Waals surface area contributed by atoms with Crippen LogP contribution in [0.1, 0.15) is 17.5 Å². The molecule has 2 heterocycles. The van der Waals surface area contributed by atoms with Crippen molar-refractivity contribution in [1.82, 2.24) is 4.90 Å².